The van der Waals surface area contributed by atoms with Crippen LogP contribution in [0, 0.1) is 0 Å². The van der Waals surface area contributed by atoms with Crippen LogP contribution in [-0.4, -0.2) is 158 Å². The average Bonchev–Trinajstić information content (AvgIpc) is 3.84. The van der Waals surface area contributed by atoms with Gasteiger partial charge < -0.3 is 25.2 Å². The van der Waals surface area contributed by atoms with Crippen molar-refractivity contribution in [3.63, 3.8) is 0 Å². The fraction of sp³-hybridized carbons (Fsp3) is 0.391. The molecule has 10 rings (SSSR count). The summed E-state index contributed by atoms with van der Waals surface area (Å²) < 4.78 is 7.96. The van der Waals surface area contributed by atoms with Crippen LogP contribution in [0.5, 0.6) is 11.5 Å². The van der Waals surface area contributed by atoms with E-state index in [9.17, 15) is 24.0 Å². The first-order valence-corrected chi connectivity index (χ1v) is 22.1. The number of likely N-dealkylation sites (tertiary alicyclic amines) is 1. The van der Waals surface area contributed by atoms with Crippen molar-refractivity contribution in [2.75, 3.05) is 89.2 Å². The molecule has 5 aromatic rings. The maximum absolute atomic E-state index is 13.7. The SMILES string of the molecule is Nc1ncnc2c1c(-c1ccc(Oc3ccccc3)cc1)nn2C1CCN(C(=O)N2CCN(CCN3CCN(c4ccc5c(c4)C(=O)N(C4CCC(=O)NC4=O)C5=O)CC3)CC2)CC1. The first-order chi connectivity index (χ1) is 31.2. The van der Waals surface area contributed by atoms with Crippen LogP contribution >= 0.6 is 0 Å². The number of fused-ring (bicyclic) bond motifs is 2. The molecular formula is C46H50N12O6. The maximum Gasteiger partial charge on any atom is 0.320 e. The number of nitrogens with one attached hydrogen (secondary N) is 1. The van der Waals surface area contributed by atoms with Gasteiger partial charge >= 0.3 is 6.03 Å². The van der Waals surface area contributed by atoms with Crippen molar-refractivity contribution >= 4 is 52.2 Å². The van der Waals surface area contributed by atoms with Crippen LogP contribution in [0.25, 0.3) is 22.3 Å². The number of nitrogen functional groups attached to an aromatic ring is 1. The summed E-state index contributed by atoms with van der Waals surface area (Å²) in [6, 6.07) is 21.9. The number of nitrogens with zero attached hydrogens (tertiary/aromatic N) is 10. The van der Waals surface area contributed by atoms with Crippen molar-refractivity contribution in [1.29, 1.82) is 0 Å². The van der Waals surface area contributed by atoms with Crippen LogP contribution in [0.15, 0.2) is 79.1 Å². The number of amides is 6. The number of piperidine rings is 2. The molecule has 4 saturated heterocycles. The lowest BCUT2D eigenvalue weighted by molar-refractivity contribution is -0.136. The first-order valence-electron chi connectivity index (χ1n) is 22.1. The average molecular weight is 867 g/mol. The number of hydrogen-bond donors (Lipinski definition) is 2. The highest BCUT2D eigenvalue weighted by Gasteiger charge is 2.45. The predicted molar refractivity (Wildman–Crippen MR) is 237 cm³/mol. The minimum atomic E-state index is -0.981. The number of hydrogen-bond acceptors (Lipinski definition) is 13. The number of urea groups is 1. The molecule has 18 heteroatoms. The second-order valence-electron chi connectivity index (χ2n) is 17.0. The van der Waals surface area contributed by atoms with Gasteiger partial charge in [0.25, 0.3) is 11.8 Å². The van der Waals surface area contributed by atoms with E-state index in [2.05, 4.69) is 30.0 Å². The predicted octanol–water partition coefficient (Wildman–Crippen LogP) is 3.47. The van der Waals surface area contributed by atoms with Crippen molar-refractivity contribution in [2.24, 2.45) is 0 Å². The Morgan fingerprint density at radius 3 is 2.08 bits per heavy atom. The highest BCUT2D eigenvalue weighted by atomic mass is 16.5. The van der Waals surface area contributed by atoms with Gasteiger partial charge in [-0.2, -0.15) is 5.10 Å². The monoisotopic (exact) mass is 866 g/mol. The molecule has 5 aliphatic rings. The van der Waals surface area contributed by atoms with Gasteiger partial charge in [0.05, 0.1) is 22.6 Å². The van der Waals surface area contributed by atoms with Gasteiger partial charge in [0.2, 0.25) is 11.8 Å². The smallest absolute Gasteiger partial charge is 0.320 e. The van der Waals surface area contributed by atoms with E-state index in [-0.39, 0.29) is 30.5 Å². The number of anilines is 2. The molecule has 0 spiro atoms. The summed E-state index contributed by atoms with van der Waals surface area (Å²) in [4.78, 5) is 85.3. The van der Waals surface area contributed by atoms with Crippen LogP contribution in [0.3, 0.4) is 0 Å². The number of imide groups is 2. The molecule has 4 fully saturated rings. The molecular weight excluding hydrogens is 817 g/mol. The fourth-order valence-electron chi connectivity index (χ4n) is 9.59. The second-order valence-corrected chi connectivity index (χ2v) is 17.0. The van der Waals surface area contributed by atoms with Gasteiger partial charge in [0.15, 0.2) is 5.65 Å². The molecule has 1 unspecified atom stereocenters. The topological polar surface area (TPSA) is 196 Å². The van der Waals surface area contributed by atoms with E-state index in [4.69, 9.17) is 15.6 Å². The van der Waals surface area contributed by atoms with E-state index in [1.807, 2.05) is 75.1 Å². The minimum absolute atomic E-state index is 0.0510. The summed E-state index contributed by atoms with van der Waals surface area (Å²) in [7, 11) is 0. The number of carbonyl (C=O) groups excluding carboxylic acids is 5. The second kappa shape index (κ2) is 17.3. The van der Waals surface area contributed by atoms with Gasteiger partial charge in [-0.3, -0.25) is 39.2 Å². The molecule has 5 aliphatic heterocycles. The molecule has 7 heterocycles. The number of aromatic nitrogens is 4. The lowest BCUT2D eigenvalue weighted by Crippen LogP contribution is -2.55. The van der Waals surface area contributed by atoms with E-state index in [0.29, 0.717) is 60.0 Å². The number of ether oxygens (including phenoxy) is 1. The normalized spacial score (nSPS) is 20.3. The van der Waals surface area contributed by atoms with Gasteiger partial charge in [-0.05, 0) is 73.9 Å². The minimum Gasteiger partial charge on any atom is -0.457 e. The van der Waals surface area contributed by atoms with Crippen molar-refractivity contribution in [3.05, 3.63) is 90.3 Å². The highest BCUT2D eigenvalue weighted by molar-refractivity contribution is 6.23. The van der Waals surface area contributed by atoms with Crippen molar-refractivity contribution < 1.29 is 28.7 Å². The third-order valence-corrected chi connectivity index (χ3v) is 13.2. The molecule has 3 aromatic carbocycles. The lowest BCUT2D eigenvalue weighted by Gasteiger charge is -2.41. The van der Waals surface area contributed by atoms with Crippen LogP contribution in [-0.2, 0) is 9.59 Å². The number of piperazine rings is 2. The van der Waals surface area contributed by atoms with Gasteiger partial charge in [-0.25, -0.2) is 19.4 Å². The van der Waals surface area contributed by atoms with Crippen LogP contribution in [0.1, 0.15) is 52.4 Å². The number of rotatable bonds is 9. The molecule has 18 nitrogen and oxygen atoms in total. The Morgan fingerprint density at radius 1 is 0.719 bits per heavy atom. The summed E-state index contributed by atoms with van der Waals surface area (Å²) >= 11 is 0. The van der Waals surface area contributed by atoms with E-state index in [0.717, 1.165) is 87.1 Å². The third-order valence-electron chi connectivity index (χ3n) is 13.2. The lowest BCUT2D eigenvalue weighted by atomic mass is 10.0. The number of nitrogens with two attached hydrogens (primary N) is 1. The molecule has 3 N–H and O–H groups in total. The summed E-state index contributed by atoms with van der Waals surface area (Å²) in [5.74, 6) is -0.150. The van der Waals surface area contributed by atoms with Gasteiger partial charge in [-0.15, -0.1) is 0 Å². The first kappa shape index (κ1) is 41.1. The van der Waals surface area contributed by atoms with Crippen molar-refractivity contribution in [2.45, 2.75) is 37.8 Å². The highest BCUT2D eigenvalue weighted by Crippen LogP contribution is 2.36. The Balaban J connectivity index is 0.680. The van der Waals surface area contributed by atoms with Crippen LogP contribution in [0.2, 0.25) is 0 Å². The zero-order valence-corrected chi connectivity index (χ0v) is 35.5. The Labute approximate surface area is 369 Å². The van der Waals surface area contributed by atoms with Crippen molar-refractivity contribution in [3.8, 4) is 22.8 Å². The zero-order chi connectivity index (χ0) is 43.9. The summed E-state index contributed by atoms with van der Waals surface area (Å²) in [6.45, 7) is 9.36. The quantitative estimate of drug-likeness (QED) is 0.205. The molecule has 0 aliphatic carbocycles. The fourth-order valence-corrected chi connectivity index (χ4v) is 9.59. The maximum atomic E-state index is 13.7. The summed E-state index contributed by atoms with van der Waals surface area (Å²) in [5.41, 5.74) is 10.2. The van der Waals surface area contributed by atoms with Gasteiger partial charge in [0.1, 0.15) is 35.4 Å². The zero-order valence-electron chi connectivity index (χ0n) is 35.5. The Kier molecular flexibility index (Phi) is 11.1. The number of para-hydroxylation sites is 1. The largest absolute Gasteiger partial charge is 0.457 e. The van der Waals surface area contributed by atoms with E-state index >= 15 is 0 Å². The molecule has 64 heavy (non-hydrogen) atoms. The summed E-state index contributed by atoms with van der Waals surface area (Å²) in [5, 5.41) is 8.02. The number of carbonyl (C=O) groups is 5. The molecule has 0 saturated carbocycles. The molecule has 0 bridgehead atoms. The van der Waals surface area contributed by atoms with Crippen LogP contribution in [0.4, 0.5) is 16.3 Å². The van der Waals surface area contributed by atoms with Crippen molar-refractivity contribution in [1.82, 2.24) is 49.6 Å². The Bertz CT molecular complexity index is 2600. The Hall–Kier alpha value is -6.92. The molecule has 2 aromatic heterocycles. The Morgan fingerprint density at radius 2 is 1.38 bits per heavy atom. The van der Waals surface area contributed by atoms with Crippen LogP contribution < -0.4 is 20.7 Å². The van der Waals surface area contributed by atoms with Gasteiger partial charge in [0, 0.05) is 96.2 Å². The van der Waals surface area contributed by atoms with E-state index in [1.165, 1.54) is 6.33 Å². The molecule has 330 valence electrons. The number of benzene rings is 3. The third kappa shape index (κ3) is 7.98. The van der Waals surface area contributed by atoms with E-state index < -0.39 is 29.7 Å². The molecule has 6 amide bonds. The van der Waals surface area contributed by atoms with E-state index in [1.54, 1.807) is 12.1 Å². The van der Waals surface area contributed by atoms with Gasteiger partial charge in [-0.1, -0.05) is 18.2 Å². The molecule has 1 atom stereocenters. The summed E-state index contributed by atoms with van der Waals surface area (Å²) in [6.07, 6.45) is 3.18. The molecule has 0 radical (unpaired) electrons. The standard InChI is InChI=1S/C46H50N12O6/c47-41-39-40(30-6-9-34(10-7-30)64-33-4-2-1-3-5-33)51-58(42(39)49-29-48-41)31-14-16-55(17-15-31)46(63)56-26-22-53(23-27-56)19-18-52-20-24-54(25-21-52)32-8-11-35-36(28-32)45(62)57(44(35)61)37-12-13-38(59)50-43(37)60/h1-11,28-29,31,37H,12-27H2,(H2,47,48,49)(H,50,59,60).